The van der Waals surface area contributed by atoms with Crippen LogP contribution >= 0.6 is 0 Å². The van der Waals surface area contributed by atoms with Gasteiger partial charge in [-0.05, 0) is 49.2 Å². The lowest BCUT2D eigenvalue weighted by atomic mass is 10.2. The largest absolute Gasteiger partial charge is 0.484 e. The molecule has 0 bridgehead atoms. The molecular weight excluding hydrogens is 340 g/mol. The Morgan fingerprint density at radius 2 is 2.00 bits per heavy atom. The van der Waals surface area contributed by atoms with Crippen LogP contribution in [-0.4, -0.2) is 33.2 Å². The van der Waals surface area contributed by atoms with Gasteiger partial charge in [-0.25, -0.2) is 8.42 Å². The highest BCUT2D eigenvalue weighted by atomic mass is 32.2. The van der Waals surface area contributed by atoms with Crippen molar-refractivity contribution in [2.24, 2.45) is 0 Å². The van der Waals surface area contributed by atoms with Crippen LogP contribution in [0.4, 0.5) is 11.4 Å². The van der Waals surface area contributed by atoms with Crippen LogP contribution < -0.4 is 14.4 Å². The molecule has 3 rings (SSSR count). The Balaban J connectivity index is 1.63. The second-order valence-corrected chi connectivity index (χ2v) is 7.96. The number of anilines is 2. The quantitative estimate of drug-likeness (QED) is 0.889. The van der Waals surface area contributed by atoms with E-state index in [0.717, 1.165) is 5.56 Å². The van der Waals surface area contributed by atoms with Crippen LogP contribution in [0.2, 0.25) is 0 Å². The second-order valence-electron chi connectivity index (χ2n) is 5.95. The average molecular weight is 360 g/mol. The van der Waals surface area contributed by atoms with Gasteiger partial charge in [-0.1, -0.05) is 18.2 Å². The van der Waals surface area contributed by atoms with Gasteiger partial charge in [-0.2, -0.15) is 0 Å². The number of carbonyl (C=O) groups excluding carboxylic acids is 1. The molecule has 1 saturated heterocycles. The van der Waals surface area contributed by atoms with Crippen LogP contribution in [0.15, 0.2) is 48.5 Å². The molecule has 1 fully saturated rings. The maximum absolute atomic E-state index is 12.1. The Kier molecular flexibility index (Phi) is 4.94. The summed E-state index contributed by atoms with van der Waals surface area (Å²) in [5.41, 5.74) is 2.16. The third-order valence-electron chi connectivity index (χ3n) is 3.88. The van der Waals surface area contributed by atoms with E-state index in [9.17, 15) is 13.2 Å². The Morgan fingerprint density at radius 1 is 1.20 bits per heavy atom. The van der Waals surface area contributed by atoms with Crippen molar-refractivity contribution < 1.29 is 17.9 Å². The molecule has 0 atom stereocenters. The summed E-state index contributed by atoms with van der Waals surface area (Å²) >= 11 is 0. The molecule has 6 nitrogen and oxygen atoms in total. The highest BCUT2D eigenvalue weighted by Crippen LogP contribution is 2.26. The molecule has 1 heterocycles. The first-order chi connectivity index (χ1) is 11.9. The van der Waals surface area contributed by atoms with E-state index < -0.39 is 10.0 Å². The number of ether oxygens (including phenoxy) is 1. The van der Waals surface area contributed by atoms with Crippen molar-refractivity contribution in [3.63, 3.8) is 0 Å². The van der Waals surface area contributed by atoms with Gasteiger partial charge in [0.15, 0.2) is 6.61 Å². The average Bonchev–Trinajstić information content (AvgIpc) is 2.93. The van der Waals surface area contributed by atoms with Gasteiger partial charge in [0.1, 0.15) is 5.75 Å². The number of rotatable bonds is 5. The standard InChI is InChI=1S/C18H20N2O4S/c1-14-5-2-8-17(11-14)24-13-18(21)19-15-6-3-7-16(12-15)20-9-4-10-25(20,22)23/h2-3,5-8,11-12H,4,9-10,13H2,1H3,(H,19,21). The lowest BCUT2D eigenvalue weighted by molar-refractivity contribution is -0.118. The maximum atomic E-state index is 12.1. The highest BCUT2D eigenvalue weighted by Gasteiger charge is 2.28. The topological polar surface area (TPSA) is 75.7 Å². The fourth-order valence-electron chi connectivity index (χ4n) is 2.72. The molecule has 1 aliphatic heterocycles. The minimum Gasteiger partial charge on any atom is -0.484 e. The van der Waals surface area contributed by atoms with Crippen molar-refractivity contribution in [3.8, 4) is 5.75 Å². The molecule has 0 spiro atoms. The minimum absolute atomic E-state index is 0.115. The number of benzene rings is 2. The number of sulfonamides is 1. The molecular formula is C18H20N2O4S. The fourth-order valence-corrected chi connectivity index (χ4v) is 4.28. The van der Waals surface area contributed by atoms with Crippen LogP contribution in [0.3, 0.4) is 0 Å². The van der Waals surface area contributed by atoms with Gasteiger partial charge < -0.3 is 10.1 Å². The number of carbonyl (C=O) groups is 1. The number of amides is 1. The predicted octanol–water partition coefficient (Wildman–Crippen LogP) is 2.55. The summed E-state index contributed by atoms with van der Waals surface area (Å²) in [4.78, 5) is 12.1. The van der Waals surface area contributed by atoms with Crippen LogP contribution in [-0.2, 0) is 14.8 Å². The molecule has 2 aromatic rings. The molecule has 7 heteroatoms. The summed E-state index contributed by atoms with van der Waals surface area (Å²) in [6.45, 7) is 2.30. The third kappa shape index (κ3) is 4.30. The summed E-state index contributed by atoms with van der Waals surface area (Å²) in [5.74, 6) is 0.489. The Hall–Kier alpha value is -2.54. The van der Waals surface area contributed by atoms with E-state index >= 15 is 0 Å². The van der Waals surface area contributed by atoms with E-state index in [0.29, 0.717) is 30.1 Å². The smallest absolute Gasteiger partial charge is 0.262 e. The molecule has 0 saturated carbocycles. The van der Waals surface area contributed by atoms with Crippen LogP contribution in [0.5, 0.6) is 5.75 Å². The normalized spacial score (nSPS) is 15.8. The van der Waals surface area contributed by atoms with Crippen LogP contribution in [0, 0.1) is 6.92 Å². The molecule has 132 valence electrons. The molecule has 2 aromatic carbocycles. The second kappa shape index (κ2) is 7.14. The summed E-state index contributed by atoms with van der Waals surface area (Å²) in [6.07, 6.45) is 0.614. The van der Waals surface area contributed by atoms with E-state index in [2.05, 4.69) is 5.32 Å². The van der Waals surface area contributed by atoms with Crippen molar-refractivity contribution in [1.82, 2.24) is 0 Å². The van der Waals surface area contributed by atoms with Crippen LogP contribution in [0.25, 0.3) is 0 Å². The third-order valence-corrected chi connectivity index (χ3v) is 5.75. The van der Waals surface area contributed by atoms with E-state index in [1.807, 2.05) is 25.1 Å². The molecule has 0 radical (unpaired) electrons. The summed E-state index contributed by atoms with van der Waals surface area (Å²) in [6, 6.07) is 14.3. The first-order valence-corrected chi connectivity index (χ1v) is 9.65. The van der Waals surface area contributed by atoms with Gasteiger partial charge in [-0.15, -0.1) is 0 Å². The lowest BCUT2D eigenvalue weighted by Crippen LogP contribution is -2.25. The molecule has 0 aliphatic carbocycles. The number of hydrogen-bond donors (Lipinski definition) is 1. The molecule has 0 unspecified atom stereocenters. The number of hydrogen-bond acceptors (Lipinski definition) is 4. The zero-order valence-corrected chi connectivity index (χ0v) is 14.8. The first-order valence-electron chi connectivity index (χ1n) is 8.04. The van der Waals surface area contributed by atoms with Crippen molar-refractivity contribution in [2.45, 2.75) is 13.3 Å². The Morgan fingerprint density at radius 3 is 2.72 bits per heavy atom. The lowest BCUT2D eigenvalue weighted by Gasteiger charge is -2.17. The van der Waals surface area contributed by atoms with Gasteiger partial charge in [-0.3, -0.25) is 9.10 Å². The SMILES string of the molecule is Cc1cccc(OCC(=O)Nc2cccc(N3CCCS3(=O)=O)c2)c1. The number of nitrogens with one attached hydrogen (secondary N) is 1. The van der Waals surface area contributed by atoms with Gasteiger partial charge >= 0.3 is 0 Å². The van der Waals surface area contributed by atoms with Crippen LogP contribution in [0.1, 0.15) is 12.0 Å². The Bertz CT molecular complexity index is 880. The minimum atomic E-state index is -3.24. The molecule has 0 aromatic heterocycles. The Labute approximate surface area is 147 Å². The van der Waals surface area contributed by atoms with Crippen molar-refractivity contribution in [1.29, 1.82) is 0 Å². The van der Waals surface area contributed by atoms with Crippen molar-refractivity contribution in [3.05, 3.63) is 54.1 Å². The van der Waals surface area contributed by atoms with E-state index in [1.165, 1.54) is 4.31 Å². The first kappa shape index (κ1) is 17.3. The molecule has 25 heavy (non-hydrogen) atoms. The van der Waals surface area contributed by atoms with E-state index in [-0.39, 0.29) is 18.3 Å². The molecule has 1 amide bonds. The summed E-state index contributed by atoms with van der Waals surface area (Å²) in [7, 11) is -3.24. The van der Waals surface area contributed by atoms with Gasteiger partial charge in [0.2, 0.25) is 10.0 Å². The highest BCUT2D eigenvalue weighted by molar-refractivity contribution is 7.93. The van der Waals surface area contributed by atoms with Gasteiger partial charge in [0.25, 0.3) is 5.91 Å². The van der Waals surface area contributed by atoms with E-state index in [1.54, 1.807) is 30.3 Å². The van der Waals surface area contributed by atoms with Gasteiger partial charge in [0, 0.05) is 12.2 Å². The number of nitrogens with zero attached hydrogens (tertiary/aromatic N) is 1. The van der Waals surface area contributed by atoms with Crippen molar-refractivity contribution in [2.75, 3.05) is 28.5 Å². The monoisotopic (exact) mass is 360 g/mol. The van der Waals surface area contributed by atoms with Crippen molar-refractivity contribution >= 4 is 27.3 Å². The zero-order chi connectivity index (χ0) is 17.9. The molecule has 1 N–H and O–H groups in total. The predicted molar refractivity (Wildman–Crippen MR) is 97.5 cm³/mol. The summed E-state index contributed by atoms with van der Waals surface area (Å²) in [5, 5.41) is 2.73. The fraction of sp³-hybridized carbons (Fsp3) is 0.278. The molecule has 1 aliphatic rings. The zero-order valence-electron chi connectivity index (χ0n) is 13.9. The number of aryl methyl sites for hydroxylation is 1. The van der Waals surface area contributed by atoms with Gasteiger partial charge in [0.05, 0.1) is 11.4 Å². The summed E-state index contributed by atoms with van der Waals surface area (Å²) < 4.78 is 30.8. The van der Waals surface area contributed by atoms with E-state index in [4.69, 9.17) is 4.74 Å². The maximum Gasteiger partial charge on any atom is 0.262 e.